The van der Waals surface area contributed by atoms with E-state index in [4.69, 9.17) is 9.47 Å². The predicted molar refractivity (Wildman–Crippen MR) is 103 cm³/mol. The van der Waals surface area contributed by atoms with Crippen molar-refractivity contribution in [2.24, 2.45) is 17.3 Å². The Morgan fingerprint density at radius 1 is 1.19 bits per heavy atom. The molecule has 0 heterocycles. The zero-order valence-corrected chi connectivity index (χ0v) is 17.4. The SMILES string of the molecule is COC(=O)C1(C(=O)OC)C/C(=C\SC(C)=O)C(C(C)CCC=C(C)C)C1. The van der Waals surface area contributed by atoms with Crippen LogP contribution >= 0.6 is 11.8 Å². The van der Waals surface area contributed by atoms with Crippen molar-refractivity contribution < 1.29 is 23.9 Å². The third kappa shape index (κ3) is 5.47. The van der Waals surface area contributed by atoms with Crippen LogP contribution in [0.25, 0.3) is 0 Å². The standard InChI is InChI=1S/C20H30O5S/c1-13(2)8-7-9-14(3)17-11-20(18(22)24-5,19(23)25-6)10-16(17)12-26-15(4)21/h8,12,14,17H,7,9-11H2,1-6H3/b16-12+. The molecule has 0 radical (unpaired) electrons. The van der Waals surface area contributed by atoms with Gasteiger partial charge in [0.25, 0.3) is 0 Å². The monoisotopic (exact) mass is 382 g/mol. The van der Waals surface area contributed by atoms with Crippen molar-refractivity contribution in [3.63, 3.8) is 0 Å². The maximum Gasteiger partial charge on any atom is 0.323 e. The maximum atomic E-state index is 12.5. The highest BCUT2D eigenvalue weighted by Gasteiger charge is 2.56. The Balaban J connectivity index is 3.16. The lowest BCUT2D eigenvalue weighted by molar-refractivity contribution is -0.168. The van der Waals surface area contributed by atoms with Crippen LogP contribution in [-0.4, -0.2) is 31.3 Å². The summed E-state index contributed by atoms with van der Waals surface area (Å²) in [6.45, 7) is 7.75. The first-order valence-corrected chi connectivity index (χ1v) is 9.72. The van der Waals surface area contributed by atoms with Crippen LogP contribution in [-0.2, 0) is 23.9 Å². The number of ether oxygens (including phenoxy) is 2. The first kappa shape index (κ1) is 22.5. The van der Waals surface area contributed by atoms with Crippen LogP contribution in [0.3, 0.4) is 0 Å². The van der Waals surface area contributed by atoms with Crippen molar-refractivity contribution >= 4 is 28.8 Å². The van der Waals surface area contributed by atoms with E-state index in [0.717, 1.165) is 30.2 Å². The molecule has 0 spiro atoms. The lowest BCUT2D eigenvalue weighted by Gasteiger charge is -2.24. The third-order valence-corrected chi connectivity index (χ3v) is 5.69. The largest absolute Gasteiger partial charge is 0.468 e. The molecule has 0 N–H and O–H groups in total. The molecule has 146 valence electrons. The van der Waals surface area contributed by atoms with Crippen LogP contribution in [0.1, 0.15) is 53.4 Å². The fraction of sp³-hybridized carbons (Fsp3) is 0.650. The molecule has 0 aliphatic heterocycles. The first-order valence-electron chi connectivity index (χ1n) is 8.84. The van der Waals surface area contributed by atoms with Gasteiger partial charge in [0.15, 0.2) is 10.5 Å². The Morgan fingerprint density at radius 2 is 1.77 bits per heavy atom. The Morgan fingerprint density at radius 3 is 2.23 bits per heavy atom. The fourth-order valence-corrected chi connectivity index (χ4v) is 4.11. The second-order valence-electron chi connectivity index (χ2n) is 7.19. The normalized spacial score (nSPS) is 21.2. The molecule has 6 heteroatoms. The minimum atomic E-state index is -1.32. The highest BCUT2D eigenvalue weighted by atomic mass is 32.2. The van der Waals surface area contributed by atoms with Crippen LogP contribution in [0.5, 0.6) is 0 Å². The van der Waals surface area contributed by atoms with Gasteiger partial charge in [0, 0.05) is 6.92 Å². The third-order valence-electron chi connectivity index (χ3n) is 4.94. The Bertz CT molecular complexity index is 585. The van der Waals surface area contributed by atoms with Gasteiger partial charge >= 0.3 is 11.9 Å². The quantitative estimate of drug-likeness (QED) is 0.372. The van der Waals surface area contributed by atoms with E-state index in [-0.39, 0.29) is 23.4 Å². The van der Waals surface area contributed by atoms with Crippen LogP contribution in [0.4, 0.5) is 0 Å². The molecule has 1 saturated carbocycles. The summed E-state index contributed by atoms with van der Waals surface area (Å²) in [6, 6.07) is 0. The van der Waals surface area contributed by atoms with Crippen molar-refractivity contribution in [2.75, 3.05) is 14.2 Å². The molecule has 1 aliphatic rings. The minimum absolute atomic E-state index is 0.0259. The van der Waals surface area contributed by atoms with Gasteiger partial charge in [0.1, 0.15) is 0 Å². The van der Waals surface area contributed by atoms with Crippen molar-refractivity contribution in [1.82, 2.24) is 0 Å². The van der Waals surface area contributed by atoms with Crippen LogP contribution < -0.4 is 0 Å². The van der Waals surface area contributed by atoms with E-state index in [9.17, 15) is 14.4 Å². The van der Waals surface area contributed by atoms with E-state index in [2.05, 4.69) is 26.8 Å². The second-order valence-corrected chi connectivity index (χ2v) is 8.24. The lowest BCUT2D eigenvalue weighted by Crippen LogP contribution is -2.39. The summed E-state index contributed by atoms with van der Waals surface area (Å²) >= 11 is 1.10. The summed E-state index contributed by atoms with van der Waals surface area (Å²) in [4.78, 5) is 36.3. The number of thioether (sulfide) groups is 1. The highest BCUT2D eigenvalue weighted by molar-refractivity contribution is 8.16. The van der Waals surface area contributed by atoms with E-state index in [1.165, 1.54) is 26.7 Å². The van der Waals surface area contributed by atoms with Gasteiger partial charge in [0.05, 0.1) is 14.2 Å². The molecule has 5 nitrogen and oxygen atoms in total. The molecule has 1 aliphatic carbocycles. The van der Waals surface area contributed by atoms with E-state index >= 15 is 0 Å². The van der Waals surface area contributed by atoms with Crippen molar-refractivity contribution in [2.45, 2.75) is 53.4 Å². The van der Waals surface area contributed by atoms with Gasteiger partial charge in [-0.3, -0.25) is 14.4 Å². The summed E-state index contributed by atoms with van der Waals surface area (Å²) < 4.78 is 9.85. The lowest BCUT2D eigenvalue weighted by atomic mass is 9.81. The van der Waals surface area contributed by atoms with Gasteiger partial charge in [-0.05, 0) is 56.8 Å². The molecule has 0 amide bonds. The summed E-state index contributed by atoms with van der Waals surface area (Å²) in [7, 11) is 2.57. The number of rotatable bonds is 7. The smallest absolute Gasteiger partial charge is 0.323 e. The summed E-state index contributed by atoms with van der Waals surface area (Å²) in [5.74, 6) is -0.838. The van der Waals surface area contributed by atoms with Crippen molar-refractivity contribution in [1.29, 1.82) is 0 Å². The number of carbonyl (C=O) groups is 3. The summed E-state index contributed by atoms with van der Waals surface area (Å²) in [6.07, 6.45) is 4.66. The molecule has 26 heavy (non-hydrogen) atoms. The van der Waals surface area contributed by atoms with Crippen LogP contribution in [0, 0.1) is 17.3 Å². The van der Waals surface area contributed by atoms with Crippen molar-refractivity contribution in [3.05, 3.63) is 22.6 Å². The second kappa shape index (κ2) is 9.95. The number of hydrogen-bond donors (Lipinski definition) is 0. The average Bonchev–Trinajstić information content (AvgIpc) is 2.99. The Labute approximate surface area is 160 Å². The average molecular weight is 383 g/mol. The van der Waals surface area contributed by atoms with E-state index < -0.39 is 17.4 Å². The van der Waals surface area contributed by atoms with Gasteiger partial charge in [-0.2, -0.15) is 0 Å². The Hall–Kier alpha value is -1.56. The van der Waals surface area contributed by atoms with Gasteiger partial charge in [-0.15, -0.1) is 0 Å². The maximum absolute atomic E-state index is 12.5. The van der Waals surface area contributed by atoms with Crippen molar-refractivity contribution in [3.8, 4) is 0 Å². The minimum Gasteiger partial charge on any atom is -0.468 e. The predicted octanol–water partition coefficient (Wildman–Crippen LogP) is 4.27. The molecule has 2 unspecified atom stereocenters. The van der Waals surface area contributed by atoms with Gasteiger partial charge in [-0.1, -0.05) is 35.9 Å². The molecule has 0 aromatic heterocycles. The van der Waals surface area contributed by atoms with Gasteiger partial charge in [-0.25, -0.2) is 0 Å². The molecule has 0 saturated heterocycles. The Kier molecular flexibility index (Phi) is 8.60. The van der Waals surface area contributed by atoms with Gasteiger partial charge < -0.3 is 9.47 Å². The van der Waals surface area contributed by atoms with Gasteiger partial charge in [0.2, 0.25) is 0 Å². The molecule has 0 aromatic rings. The zero-order chi connectivity index (χ0) is 19.9. The first-order chi connectivity index (χ1) is 12.2. The van der Waals surface area contributed by atoms with E-state index in [1.54, 1.807) is 5.41 Å². The number of carbonyl (C=O) groups excluding carboxylic acids is 3. The number of esters is 2. The van der Waals surface area contributed by atoms with Crippen LogP contribution in [0.2, 0.25) is 0 Å². The molecule has 2 atom stereocenters. The molecule has 1 rings (SSSR count). The summed E-state index contributed by atoms with van der Waals surface area (Å²) in [5.41, 5.74) is 0.901. The number of allylic oxidation sites excluding steroid dienone is 3. The van der Waals surface area contributed by atoms with E-state index in [1.807, 2.05) is 0 Å². The number of hydrogen-bond acceptors (Lipinski definition) is 6. The molecule has 0 aromatic carbocycles. The highest BCUT2D eigenvalue weighted by Crippen LogP contribution is 2.51. The number of methoxy groups -OCH3 is 2. The topological polar surface area (TPSA) is 69.7 Å². The molecular formula is C20H30O5S. The van der Waals surface area contributed by atoms with E-state index in [0.29, 0.717) is 6.42 Å². The fourth-order valence-electron chi connectivity index (χ4n) is 3.53. The molecule has 0 bridgehead atoms. The molecule has 1 fully saturated rings. The summed E-state index contributed by atoms with van der Waals surface area (Å²) in [5, 5.41) is 1.78. The zero-order valence-electron chi connectivity index (χ0n) is 16.6. The van der Waals surface area contributed by atoms with Crippen LogP contribution in [0.15, 0.2) is 22.6 Å². The molecular weight excluding hydrogens is 352 g/mol.